The molecule has 2 aromatic rings. The first-order chi connectivity index (χ1) is 9.17. The highest BCUT2D eigenvalue weighted by Gasteiger charge is 2.17. The summed E-state index contributed by atoms with van der Waals surface area (Å²) in [5.74, 6) is 0.512. The number of halogens is 1. The maximum atomic E-state index is 12.6. The quantitative estimate of drug-likeness (QED) is 0.873. The van der Waals surface area contributed by atoms with Crippen molar-refractivity contribution in [1.29, 1.82) is 0 Å². The monoisotopic (exact) mass is 319 g/mol. The Bertz CT molecular complexity index is 611. The van der Waals surface area contributed by atoms with Gasteiger partial charge in [-0.25, -0.2) is 0 Å². The number of carbonyl (C=O) groups is 1. The van der Waals surface area contributed by atoms with Crippen molar-refractivity contribution in [1.82, 2.24) is 0 Å². The highest BCUT2D eigenvalue weighted by atomic mass is 79.9. The lowest BCUT2D eigenvalue weighted by Gasteiger charge is -2.11. The summed E-state index contributed by atoms with van der Waals surface area (Å²) in [7, 11) is 3.36. The number of hydrogen-bond donors (Lipinski definition) is 1. The Labute approximate surface area is 120 Å². The van der Waals surface area contributed by atoms with E-state index in [4.69, 9.17) is 4.74 Å². The zero-order valence-electron chi connectivity index (χ0n) is 10.7. The molecule has 4 heteroatoms. The van der Waals surface area contributed by atoms with Gasteiger partial charge in [-0.15, -0.1) is 0 Å². The molecule has 0 amide bonds. The lowest BCUT2D eigenvalue weighted by molar-refractivity contribution is 0.103. The molecule has 0 aliphatic heterocycles. The Kier molecular flexibility index (Phi) is 4.22. The molecule has 0 saturated carbocycles. The molecule has 0 aromatic heterocycles. The molecule has 3 nitrogen and oxygen atoms in total. The van der Waals surface area contributed by atoms with E-state index in [1.54, 1.807) is 32.4 Å². The van der Waals surface area contributed by atoms with E-state index >= 15 is 0 Å². The van der Waals surface area contributed by atoms with Crippen molar-refractivity contribution >= 4 is 27.4 Å². The van der Waals surface area contributed by atoms with E-state index in [0.717, 1.165) is 10.2 Å². The summed E-state index contributed by atoms with van der Waals surface area (Å²) in [5.41, 5.74) is 1.96. The van der Waals surface area contributed by atoms with Gasteiger partial charge in [0.05, 0.1) is 12.7 Å². The minimum Gasteiger partial charge on any atom is -0.496 e. The number of carbonyl (C=O) groups excluding carboxylic acids is 1. The van der Waals surface area contributed by atoms with Crippen molar-refractivity contribution in [2.75, 3.05) is 19.5 Å². The third kappa shape index (κ3) is 2.79. The summed E-state index contributed by atoms with van der Waals surface area (Å²) in [6, 6.07) is 12.8. The fraction of sp³-hybridized carbons (Fsp3) is 0.133. The molecule has 0 unspecified atom stereocenters. The van der Waals surface area contributed by atoms with Gasteiger partial charge >= 0.3 is 0 Å². The molecule has 98 valence electrons. The number of para-hydroxylation sites is 1. The van der Waals surface area contributed by atoms with Crippen LogP contribution < -0.4 is 10.1 Å². The maximum absolute atomic E-state index is 12.6. The first-order valence-electron chi connectivity index (χ1n) is 5.82. The molecular weight excluding hydrogens is 306 g/mol. The molecule has 0 radical (unpaired) electrons. The second kappa shape index (κ2) is 5.89. The average Bonchev–Trinajstić information content (AvgIpc) is 2.46. The van der Waals surface area contributed by atoms with Gasteiger partial charge in [-0.1, -0.05) is 28.1 Å². The molecule has 0 fully saturated rings. The Hall–Kier alpha value is -1.81. The summed E-state index contributed by atoms with van der Waals surface area (Å²) < 4.78 is 6.10. The first kappa shape index (κ1) is 13.6. The molecule has 2 aromatic carbocycles. The van der Waals surface area contributed by atoms with E-state index in [2.05, 4.69) is 21.2 Å². The highest BCUT2D eigenvalue weighted by Crippen LogP contribution is 2.27. The van der Waals surface area contributed by atoms with Crippen LogP contribution in [0, 0.1) is 0 Å². The van der Waals surface area contributed by atoms with E-state index in [1.807, 2.05) is 24.3 Å². The van der Waals surface area contributed by atoms with Crippen molar-refractivity contribution in [3.8, 4) is 5.75 Å². The van der Waals surface area contributed by atoms with Crippen molar-refractivity contribution in [2.45, 2.75) is 0 Å². The van der Waals surface area contributed by atoms with E-state index in [9.17, 15) is 4.79 Å². The van der Waals surface area contributed by atoms with E-state index in [0.29, 0.717) is 16.9 Å². The molecular formula is C15H14BrNO2. The Morgan fingerprint density at radius 1 is 1.16 bits per heavy atom. The Balaban J connectivity index is 2.52. The minimum absolute atomic E-state index is 0.0666. The Morgan fingerprint density at radius 3 is 2.58 bits per heavy atom. The summed E-state index contributed by atoms with van der Waals surface area (Å²) in [6.07, 6.45) is 0. The van der Waals surface area contributed by atoms with Gasteiger partial charge in [-0.3, -0.25) is 4.79 Å². The SMILES string of the molecule is CNc1ccc(Br)cc1C(=O)c1ccccc1OC. The van der Waals surface area contributed by atoms with Crippen LogP contribution in [0.4, 0.5) is 5.69 Å². The lowest BCUT2D eigenvalue weighted by Crippen LogP contribution is -2.07. The van der Waals surface area contributed by atoms with Crippen LogP contribution in [-0.4, -0.2) is 19.9 Å². The predicted octanol–water partition coefficient (Wildman–Crippen LogP) is 3.73. The van der Waals surface area contributed by atoms with Gasteiger partial charge in [0.2, 0.25) is 0 Å². The molecule has 0 atom stereocenters. The largest absolute Gasteiger partial charge is 0.496 e. The number of rotatable bonds is 4. The van der Waals surface area contributed by atoms with Crippen molar-refractivity contribution in [2.24, 2.45) is 0 Å². The topological polar surface area (TPSA) is 38.3 Å². The molecule has 0 saturated heterocycles. The standard InChI is InChI=1S/C15H14BrNO2/c1-17-13-8-7-10(16)9-12(13)15(18)11-5-3-4-6-14(11)19-2/h3-9,17H,1-2H3. The highest BCUT2D eigenvalue weighted by molar-refractivity contribution is 9.10. The van der Waals surface area contributed by atoms with Gasteiger partial charge in [0, 0.05) is 22.8 Å². The maximum Gasteiger partial charge on any atom is 0.198 e. The Morgan fingerprint density at radius 2 is 1.89 bits per heavy atom. The van der Waals surface area contributed by atoms with Crippen molar-refractivity contribution < 1.29 is 9.53 Å². The molecule has 0 aliphatic rings. The molecule has 0 heterocycles. The smallest absolute Gasteiger partial charge is 0.198 e. The molecule has 0 bridgehead atoms. The summed E-state index contributed by atoms with van der Waals surface area (Å²) in [4.78, 5) is 12.6. The number of benzene rings is 2. The fourth-order valence-electron chi connectivity index (χ4n) is 1.90. The molecule has 0 aliphatic carbocycles. The van der Waals surface area contributed by atoms with E-state index in [-0.39, 0.29) is 5.78 Å². The van der Waals surface area contributed by atoms with Crippen molar-refractivity contribution in [3.05, 3.63) is 58.1 Å². The summed E-state index contributed by atoms with van der Waals surface area (Å²) in [5, 5.41) is 3.03. The molecule has 19 heavy (non-hydrogen) atoms. The van der Waals surface area contributed by atoms with Gasteiger partial charge in [-0.05, 0) is 30.3 Å². The molecule has 2 rings (SSSR count). The van der Waals surface area contributed by atoms with Gasteiger partial charge in [0.25, 0.3) is 0 Å². The van der Waals surface area contributed by atoms with Crippen LogP contribution >= 0.6 is 15.9 Å². The van der Waals surface area contributed by atoms with Gasteiger partial charge in [0.15, 0.2) is 5.78 Å². The van der Waals surface area contributed by atoms with Crippen LogP contribution in [0.1, 0.15) is 15.9 Å². The number of hydrogen-bond acceptors (Lipinski definition) is 3. The number of anilines is 1. The van der Waals surface area contributed by atoms with Crippen LogP contribution in [0.15, 0.2) is 46.9 Å². The number of methoxy groups -OCH3 is 1. The second-order valence-corrected chi connectivity index (χ2v) is 4.88. The average molecular weight is 320 g/mol. The van der Waals surface area contributed by atoms with Crippen LogP contribution in [0.2, 0.25) is 0 Å². The van der Waals surface area contributed by atoms with Crippen LogP contribution in [-0.2, 0) is 0 Å². The van der Waals surface area contributed by atoms with E-state index < -0.39 is 0 Å². The number of nitrogens with one attached hydrogen (secondary N) is 1. The second-order valence-electron chi connectivity index (χ2n) is 3.97. The third-order valence-corrected chi connectivity index (χ3v) is 3.34. The van der Waals surface area contributed by atoms with Gasteiger partial charge < -0.3 is 10.1 Å². The number of ether oxygens (including phenoxy) is 1. The lowest BCUT2D eigenvalue weighted by atomic mass is 10.0. The normalized spacial score (nSPS) is 10.1. The minimum atomic E-state index is -0.0666. The first-order valence-corrected chi connectivity index (χ1v) is 6.61. The van der Waals surface area contributed by atoms with Crippen LogP contribution in [0.5, 0.6) is 5.75 Å². The van der Waals surface area contributed by atoms with Crippen molar-refractivity contribution in [3.63, 3.8) is 0 Å². The molecule has 0 spiro atoms. The third-order valence-electron chi connectivity index (χ3n) is 2.85. The van der Waals surface area contributed by atoms with E-state index in [1.165, 1.54) is 0 Å². The summed E-state index contributed by atoms with van der Waals surface area (Å²) in [6.45, 7) is 0. The van der Waals surface area contributed by atoms with Gasteiger partial charge in [-0.2, -0.15) is 0 Å². The number of ketones is 1. The van der Waals surface area contributed by atoms with Gasteiger partial charge in [0.1, 0.15) is 5.75 Å². The zero-order chi connectivity index (χ0) is 13.8. The molecule has 1 N–H and O–H groups in total. The van der Waals surface area contributed by atoms with Crippen LogP contribution in [0.3, 0.4) is 0 Å². The fourth-order valence-corrected chi connectivity index (χ4v) is 2.26. The summed E-state index contributed by atoms with van der Waals surface area (Å²) >= 11 is 3.39. The van der Waals surface area contributed by atoms with Crippen LogP contribution in [0.25, 0.3) is 0 Å². The predicted molar refractivity (Wildman–Crippen MR) is 80.1 cm³/mol. The zero-order valence-corrected chi connectivity index (χ0v) is 12.3.